The van der Waals surface area contributed by atoms with Crippen LogP contribution in [0.3, 0.4) is 0 Å². The van der Waals surface area contributed by atoms with Gasteiger partial charge < -0.3 is 20.3 Å². The van der Waals surface area contributed by atoms with Crippen LogP contribution in [0.2, 0.25) is 0 Å². The van der Waals surface area contributed by atoms with Crippen LogP contribution in [0, 0.1) is 5.82 Å². The van der Waals surface area contributed by atoms with Crippen molar-refractivity contribution in [1.82, 2.24) is 15.5 Å². The summed E-state index contributed by atoms with van der Waals surface area (Å²) in [7, 11) is 0. The Balaban J connectivity index is 1.62. The number of carbonyl (C=O) groups excluding carboxylic acids is 3. The number of benzene rings is 2. The summed E-state index contributed by atoms with van der Waals surface area (Å²) < 4.78 is 18.3. The van der Waals surface area contributed by atoms with Crippen LogP contribution in [0.5, 0.6) is 5.75 Å². The first kappa shape index (κ1) is 23.2. The Morgan fingerprint density at radius 1 is 1.06 bits per heavy atom. The van der Waals surface area contributed by atoms with Gasteiger partial charge in [-0.2, -0.15) is 0 Å². The number of hydrogen-bond donors (Lipinski definition) is 2. The van der Waals surface area contributed by atoms with Crippen LogP contribution in [0.4, 0.5) is 4.39 Å². The van der Waals surface area contributed by atoms with Crippen molar-refractivity contribution in [3.05, 3.63) is 66.0 Å². The Morgan fingerprint density at radius 3 is 2.56 bits per heavy atom. The van der Waals surface area contributed by atoms with Crippen molar-refractivity contribution in [2.24, 2.45) is 0 Å². The molecule has 0 radical (unpaired) electrons. The highest BCUT2D eigenvalue weighted by atomic mass is 19.1. The van der Waals surface area contributed by atoms with Gasteiger partial charge in [0.05, 0.1) is 19.0 Å². The lowest BCUT2D eigenvalue weighted by molar-refractivity contribution is -0.136. The predicted molar refractivity (Wildman–Crippen MR) is 117 cm³/mol. The van der Waals surface area contributed by atoms with E-state index in [1.54, 1.807) is 4.90 Å². The van der Waals surface area contributed by atoms with Gasteiger partial charge in [-0.3, -0.25) is 14.4 Å². The molecule has 1 unspecified atom stereocenters. The average Bonchev–Trinajstić information content (AvgIpc) is 2.81. The minimum atomic E-state index is -0.460. The summed E-state index contributed by atoms with van der Waals surface area (Å²) in [6.45, 7) is 0.659. The third-order valence-electron chi connectivity index (χ3n) is 5.28. The Kier molecular flexibility index (Phi) is 8.60. The lowest BCUT2D eigenvalue weighted by Crippen LogP contribution is -2.45. The lowest BCUT2D eigenvalue weighted by Gasteiger charge is -2.33. The molecule has 1 aliphatic rings. The van der Waals surface area contributed by atoms with E-state index in [2.05, 4.69) is 10.6 Å². The molecular weight excluding hydrogens is 413 g/mol. The van der Waals surface area contributed by atoms with Gasteiger partial charge in [-0.25, -0.2) is 4.39 Å². The molecule has 2 aromatic carbocycles. The molecule has 0 aliphatic carbocycles. The maximum atomic E-state index is 13.1. The van der Waals surface area contributed by atoms with Crippen molar-refractivity contribution in [1.29, 1.82) is 0 Å². The maximum Gasteiger partial charge on any atom is 0.258 e. The van der Waals surface area contributed by atoms with E-state index < -0.39 is 17.8 Å². The molecule has 1 fully saturated rings. The molecule has 8 heteroatoms. The zero-order chi connectivity index (χ0) is 22.8. The predicted octanol–water partition coefficient (Wildman–Crippen LogP) is 2.58. The minimum absolute atomic E-state index is 0.102. The van der Waals surface area contributed by atoms with Crippen molar-refractivity contribution < 1.29 is 23.5 Å². The highest BCUT2D eigenvalue weighted by Crippen LogP contribution is 2.25. The molecule has 1 saturated heterocycles. The molecule has 0 aromatic heterocycles. The Hall–Kier alpha value is -3.42. The second-order valence-electron chi connectivity index (χ2n) is 7.65. The normalized spacial score (nSPS) is 17.2. The number of amides is 3. The first-order valence-corrected chi connectivity index (χ1v) is 10.8. The van der Waals surface area contributed by atoms with Crippen molar-refractivity contribution in [3.8, 4) is 5.75 Å². The van der Waals surface area contributed by atoms with Crippen molar-refractivity contribution in [2.75, 3.05) is 26.2 Å². The zero-order valence-corrected chi connectivity index (χ0v) is 17.9. The number of hydrogen-bond acceptors (Lipinski definition) is 4. The fourth-order valence-corrected chi connectivity index (χ4v) is 3.60. The minimum Gasteiger partial charge on any atom is -0.484 e. The summed E-state index contributed by atoms with van der Waals surface area (Å²) in [5, 5.41) is 5.49. The van der Waals surface area contributed by atoms with Crippen LogP contribution in [0.25, 0.3) is 0 Å². The largest absolute Gasteiger partial charge is 0.484 e. The standard InChI is InChI=1S/C24H28FN3O4/c25-19-9-11-20(12-10-19)32-17-23(30)27-16-24(31)28-14-6-2-5-13-26-22(29)15-21(28)18-7-3-1-4-8-18/h1,3-4,7-12,21H,2,5-6,13-17H2,(H,26,29)(H,27,30). The first-order chi connectivity index (χ1) is 15.5. The van der Waals surface area contributed by atoms with Gasteiger partial charge in [0.1, 0.15) is 11.6 Å². The molecule has 3 rings (SSSR count). The highest BCUT2D eigenvalue weighted by Gasteiger charge is 2.27. The molecule has 7 nitrogen and oxygen atoms in total. The van der Waals surface area contributed by atoms with Gasteiger partial charge in [0.15, 0.2) is 6.61 Å². The molecule has 170 valence electrons. The van der Waals surface area contributed by atoms with Gasteiger partial charge in [-0.15, -0.1) is 0 Å². The van der Waals surface area contributed by atoms with Crippen LogP contribution < -0.4 is 15.4 Å². The van der Waals surface area contributed by atoms with E-state index in [9.17, 15) is 18.8 Å². The van der Waals surface area contributed by atoms with Crippen LogP contribution in [-0.4, -0.2) is 48.9 Å². The average molecular weight is 442 g/mol. The van der Waals surface area contributed by atoms with E-state index in [-0.39, 0.29) is 31.4 Å². The number of nitrogens with one attached hydrogen (secondary N) is 2. The molecule has 3 amide bonds. The SMILES string of the molecule is O=C(COc1ccc(F)cc1)NCC(=O)N1CCCCCNC(=O)CC1c1ccccc1. The van der Waals surface area contributed by atoms with Crippen LogP contribution in [-0.2, 0) is 14.4 Å². The number of ether oxygens (including phenoxy) is 1. The Labute approximate surface area is 186 Å². The third kappa shape index (κ3) is 7.08. The number of halogens is 1. The Morgan fingerprint density at radius 2 is 1.81 bits per heavy atom. The fraction of sp³-hybridized carbons (Fsp3) is 0.375. The summed E-state index contributed by atoms with van der Waals surface area (Å²) in [5.74, 6) is -0.858. The van der Waals surface area contributed by atoms with E-state index in [0.717, 1.165) is 24.8 Å². The molecule has 0 bridgehead atoms. The van der Waals surface area contributed by atoms with Gasteiger partial charge in [-0.1, -0.05) is 30.3 Å². The molecular formula is C24H28FN3O4. The van der Waals surface area contributed by atoms with Crippen LogP contribution >= 0.6 is 0 Å². The van der Waals surface area contributed by atoms with Crippen molar-refractivity contribution in [2.45, 2.75) is 31.7 Å². The van der Waals surface area contributed by atoms with Crippen LogP contribution in [0.1, 0.15) is 37.3 Å². The molecule has 1 atom stereocenters. The summed E-state index contributed by atoms with van der Waals surface area (Å²) in [5.41, 5.74) is 0.877. The third-order valence-corrected chi connectivity index (χ3v) is 5.28. The van der Waals surface area contributed by atoms with Gasteiger partial charge >= 0.3 is 0 Å². The summed E-state index contributed by atoms with van der Waals surface area (Å²) in [4.78, 5) is 39.3. The zero-order valence-electron chi connectivity index (χ0n) is 17.9. The monoisotopic (exact) mass is 441 g/mol. The van der Waals surface area contributed by atoms with Crippen molar-refractivity contribution >= 4 is 17.7 Å². The maximum absolute atomic E-state index is 13.1. The fourth-order valence-electron chi connectivity index (χ4n) is 3.60. The summed E-state index contributed by atoms with van der Waals surface area (Å²) in [6.07, 6.45) is 2.73. The van der Waals surface area contributed by atoms with Crippen molar-refractivity contribution in [3.63, 3.8) is 0 Å². The van der Waals surface area contributed by atoms with Gasteiger partial charge in [0.25, 0.3) is 5.91 Å². The number of nitrogens with zero attached hydrogens (tertiary/aromatic N) is 1. The molecule has 0 saturated carbocycles. The topological polar surface area (TPSA) is 87.7 Å². The molecule has 1 aliphatic heterocycles. The van der Waals surface area contributed by atoms with E-state index >= 15 is 0 Å². The smallest absolute Gasteiger partial charge is 0.258 e. The molecule has 2 N–H and O–H groups in total. The van der Waals surface area contributed by atoms with E-state index in [4.69, 9.17) is 4.74 Å². The number of rotatable bonds is 6. The molecule has 32 heavy (non-hydrogen) atoms. The molecule has 2 aromatic rings. The molecule has 0 spiro atoms. The van der Waals surface area contributed by atoms with Crippen LogP contribution in [0.15, 0.2) is 54.6 Å². The van der Waals surface area contributed by atoms with E-state index in [0.29, 0.717) is 18.8 Å². The summed E-state index contributed by atoms with van der Waals surface area (Å²) in [6, 6.07) is 14.4. The Bertz CT molecular complexity index is 905. The lowest BCUT2D eigenvalue weighted by atomic mass is 10.00. The van der Waals surface area contributed by atoms with Gasteiger partial charge in [0.2, 0.25) is 11.8 Å². The summed E-state index contributed by atoms with van der Waals surface area (Å²) >= 11 is 0. The quantitative estimate of drug-likeness (QED) is 0.721. The van der Waals surface area contributed by atoms with Gasteiger partial charge in [-0.05, 0) is 49.1 Å². The van der Waals surface area contributed by atoms with E-state index in [1.807, 2.05) is 30.3 Å². The van der Waals surface area contributed by atoms with Gasteiger partial charge in [0, 0.05) is 13.1 Å². The highest BCUT2D eigenvalue weighted by molar-refractivity contribution is 5.86. The molecule has 1 heterocycles. The number of carbonyl (C=O) groups is 3. The second kappa shape index (κ2) is 11.8. The second-order valence-corrected chi connectivity index (χ2v) is 7.65. The van der Waals surface area contributed by atoms with E-state index in [1.165, 1.54) is 24.3 Å². The first-order valence-electron chi connectivity index (χ1n) is 10.8.